The van der Waals surface area contributed by atoms with Gasteiger partial charge in [-0.1, -0.05) is 13.3 Å². The third-order valence-corrected chi connectivity index (χ3v) is 3.84. The van der Waals surface area contributed by atoms with Crippen molar-refractivity contribution >= 4 is 5.96 Å². The van der Waals surface area contributed by atoms with Gasteiger partial charge in [-0.15, -0.1) is 0 Å². The minimum Gasteiger partial charge on any atom is -0.357 e. The molecule has 118 valence electrons. The second kappa shape index (κ2) is 10.00. The highest BCUT2D eigenvalue weighted by Crippen LogP contribution is 2.05. The zero-order valence-corrected chi connectivity index (χ0v) is 13.8. The Bertz CT molecular complexity index is 271. The molecule has 0 aromatic rings. The van der Waals surface area contributed by atoms with Crippen LogP contribution in [0.1, 0.15) is 33.6 Å². The van der Waals surface area contributed by atoms with Crippen molar-refractivity contribution in [2.75, 3.05) is 52.9 Å². The maximum Gasteiger partial charge on any atom is 0.191 e. The molecule has 1 aliphatic rings. The predicted molar refractivity (Wildman–Crippen MR) is 87.4 cm³/mol. The SMILES string of the molecule is CCCCNC(=NCC(C)N1CCN(C)CC1)NCC. The molecule has 1 rings (SSSR count). The molecule has 1 aliphatic heterocycles. The van der Waals surface area contributed by atoms with E-state index in [9.17, 15) is 0 Å². The van der Waals surface area contributed by atoms with Gasteiger partial charge in [-0.25, -0.2) is 0 Å². The van der Waals surface area contributed by atoms with Crippen LogP contribution >= 0.6 is 0 Å². The molecule has 0 aromatic carbocycles. The van der Waals surface area contributed by atoms with Crippen LogP contribution in [0.4, 0.5) is 0 Å². The van der Waals surface area contributed by atoms with E-state index in [1.165, 1.54) is 25.9 Å². The van der Waals surface area contributed by atoms with Crippen molar-refractivity contribution in [3.8, 4) is 0 Å². The van der Waals surface area contributed by atoms with Gasteiger partial charge in [-0.2, -0.15) is 0 Å². The molecule has 5 nitrogen and oxygen atoms in total. The van der Waals surface area contributed by atoms with Crippen LogP contribution in [0.5, 0.6) is 0 Å². The minimum atomic E-state index is 0.519. The lowest BCUT2D eigenvalue weighted by Crippen LogP contribution is -2.49. The smallest absolute Gasteiger partial charge is 0.191 e. The van der Waals surface area contributed by atoms with E-state index in [0.29, 0.717) is 6.04 Å². The first-order valence-corrected chi connectivity index (χ1v) is 8.12. The molecule has 0 aromatic heterocycles. The molecule has 20 heavy (non-hydrogen) atoms. The number of rotatable bonds is 7. The lowest BCUT2D eigenvalue weighted by Gasteiger charge is -2.35. The van der Waals surface area contributed by atoms with Crippen LogP contribution < -0.4 is 10.6 Å². The number of hydrogen-bond donors (Lipinski definition) is 2. The second-order valence-corrected chi connectivity index (χ2v) is 5.69. The molecule has 5 heteroatoms. The quantitative estimate of drug-likeness (QED) is 0.415. The normalized spacial score (nSPS) is 19.9. The Morgan fingerprint density at radius 2 is 1.85 bits per heavy atom. The average Bonchev–Trinajstić information content (AvgIpc) is 2.45. The lowest BCUT2D eigenvalue weighted by molar-refractivity contribution is 0.122. The fourth-order valence-corrected chi connectivity index (χ4v) is 2.33. The van der Waals surface area contributed by atoms with Crippen LogP contribution in [0.15, 0.2) is 4.99 Å². The fraction of sp³-hybridized carbons (Fsp3) is 0.933. The molecule has 1 heterocycles. The van der Waals surface area contributed by atoms with E-state index in [-0.39, 0.29) is 0 Å². The molecule has 2 N–H and O–H groups in total. The molecule has 0 bridgehead atoms. The average molecular weight is 283 g/mol. The van der Waals surface area contributed by atoms with Gasteiger partial charge in [0.2, 0.25) is 0 Å². The van der Waals surface area contributed by atoms with Crippen LogP contribution in [-0.2, 0) is 0 Å². The zero-order valence-electron chi connectivity index (χ0n) is 13.8. The summed E-state index contributed by atoms with van der Waals surface area (Å²) >= 11 is 0. The van der Waals surface area contributed by atoms with Crippen LogP contribution in [0, 0.1) is 0 Å². The molecular formula is C15H33N5. The molecule has 0 saturated carbocycles. The van der Waals surface area contributed by atoms with E-state index in [2.05, 4.69) is 48.3 Å². The van der Waals surface area contributed by atoms with Crippen LogP contribution in [-0.4, -0.2) is 74.7 Å². The Morgan fingerprint density at radius 1 is 1.15 bits per heavy atom. The maximum absolute atomic E-state index is 4.72. The fourth-order valence-electron chi connectivity index (χ4n) is 2.33. The van der Waals surface area contributed by atoms with E-state index in [1.54, 1.807) is 0 Å². The standard InChI is InChI=1S/C15H33N5/c1-5-7-8-17-15(16-6-2)18-13-14(3)20-11-9-19(4)10-12-20/h14H,5-13H2,1-4H3,(H2,16,17,18). The molecule has 0 amide bonds. The predicted octanol–water partition coefficient (Wildman–Crippen LogP) is 0.978. The Kier molecular flexibility index (Phi) is 8.62. The zero-order chi connectivity index (χ0) is 14.8. The highest BCUT2D eigenvalue weighted by Gasteiger charge is 2.18. The third kappa shape index (κ3) is 6.57. The summed E-state index contributed by atoms with van der Waals surface area (Å²) in [6, 6.07) is 0.519. The third-order valence-electron chi connectivity index (χ3n) is 3.84. The number of hydrogen-bond acceptors (Lipinski definition) is 3. The largest absolute Gasteiger partial charge is 0.357 e. The van der Waals surface area contributed by atoms with Gasteiger partial charge in [0, 0.05) is 45.3 Å². The van der Waals surface area contributed by atoms with E-state index in [0.717, 1.165) is 38.7 Å². The monoisotopic (exact) mass is 283 g/mol. The number of unbranched alkanes of at least 4 members (excludes halogenated alkanes) is 1. The number of likely N-dealkylation sites (N-methyl/N-ethyl adjacent to an activating group) is 1. The summed E-state index contributed by atoms with van der Waals surface area (Å²) in [7, 11) is 2.20. The van der Waals surface area contributed by atoms with E-state index in [1.807, 2.05) is 0 Å². The molecule has 1 fully saturated rings. The number of piperazine rings is 1. The Morgan fingerprint density at radius 3 is 2.45 bits per heavy atom. The summed E-state index contributed by atoms with van der Waals surface area (Å²) in [5, 5.41) is 6.72. The van der Waals surface area contributed by atoms with E-state index < -0.39 is 0 Å². The minimum absolute atomic E-state index is 0.519. The molecule has 0 aliphatic carbocycles. The second-order valence-electron chi connectivity index (χ2n) is 5.69. The molecule has 1 unspecified atom stereocenters. The highest BCUT2D eigenvalue weighted by atomic mass is 15.3. The van der Waals surface area contributed by atoms with Crippen molar-refractivity contribution < 1.29 is 0 Å². The molecule has 0 spiro atoms. The number of nitrogens with zero attached hydrogens (tertiary/aromatic N) is 3. The molecule has 1 saturated heterocycles. The van der Waals surface area contributed by atoms with Gasteiger partial charge >= 0.3 is 0 Å². The van der Waals surface area contributed by atoms with Crippen LogP contribution in [0.3, 0.4) is 0 Å². The summed E-state index contributed by atoms with van der Waals surface area (Å²) in [5.74, 6) is 0.960. The Hall–Kier alpha value is -0.810. The molecular weight excluding hydrogens is 250 g/mol. The van der Waals surface area contributed by atoms with Crippen molar-refractivity contribution in [1.82, 2.24) is 20.4 Å². The van der Waals surface area contributed by atoms with Crippen molar-refractivity contribution in [2.45, 2.75) is 39.7 Å². The summed E-state index contributed by atoms with van der Waals surface area (Å²) in [6.07, 6.45) is 2.41. The number of nitrogens with one attached hydrogen (secondary N) is 2. The highest BCUT2D eigenvalue weighted by molar-refractivity contribution is 5.79. The van der Waals surface area contributed by atoms with E-state index in [4.69, 9.17) is 4.99 Å². The summed E-state index contributed by atoms with van der Waals surface area (Å²) < 4.78 is 0. The summed E-state index contributed by atoms with van der Waals surface area (Å²) in [4.78, 5) is 9.65. The van der Waals surface area contributed by atoms with Crippen LogP contribution in [0.25, 0.3) is 0 Å². The van der Waals surface area contributed by atoms with Gasteiger partial charge in [0.25, 0.3) is 0 Å². The Labute approximate surface area is 124 Å². The van der Waals surface area contributed by atoms with Crippen LogP contribution in [0.2, 0.25) is 0 Å². The van der Waals surface area contributed by atoms with Crippen molar-refractivity contribution in [3.05, 3.63) is 0 Å². The lowest BCUT2D eigenvalue weighted by atomic mass is 10.2. The van der Waals surface area contributed by atoms with Gasteiger partial charge < -0.3 is 15.5 Å². The van der Waals surface area contributed by atoms with Crippen molar-refractivity contribution in [1.29, 1.82) is 0 Å². The van der Waals surface area contributed by atoms with Gasteiger partial charge in [0.1, 0.15) is 0 Å². The Balaban J connectivity index is 2.36. The first kappa shape index (κ1) is 17.2. The van der Waals surface area contributed by atoms with Crippen molar-refractivity contribution in [3.63, 3.8) is 0 Å². The van der Waals surface area contributed by atoms with Gasteiger partial charge in [-0.05, 0) is 27.3 Å². The van der Waals surface area contributed by atoms with Gasteiger partial charge in [-0.3, -0.25) is 9.89 Å². The van der Waals surface area contributed by atoms with Gasteiger partial charge in [0.05, 0.1) is 6.54 Å². The first-order valence-electron chi connectivity index (χ1n) is 8.12. The molecule has 1 atom stereocenters. The summed E-state index contributed by atoms with van der Waals surface area (Å²) in [5.41, 5.74) is 0. The summed E-state index contributed by atoms with van der Waals surface area (Å²) in [6.45, 7) is 14.1. The number of aliphatic imine (C=N–C) groups is 1. The maximum atomic E-state index is 4.72. The number of guanidine groups is 1. The van der Waals surface area contributed by atoms with Gasteiger partial charge in [0.15, 0.2) is 5.96 Å². The first-order chi connectivity index (χ1) is 9.67. The van der Waals surface area contributed by atoms with Crippen molar-refractivity contribution in [2.24, 2.45) is 4.99 Å². The van der Waals surface area contributed by atoms with E-state index >= 15 is 0 Å². The topological polar surface area (TPSA) is 42.9 Å². The molecule has 0 radical (unpaired) electrons.